The fourth-order valence-corrected chi connectivity index (χ4v) is 2.69. The number of nitrogens with one attached hydrogen (secondary N) is 1. The molecule has 98 valence electrons. The van der Waals surface area contributed by atoms with Crippen LogP contribution in [0.3, 0.4) is 0 Å². The number of hydrogen-bond donors (Lipinski definition) is 1. The molecule has 0 aromatic heterocycles. The van der Waals surface area contributed by atoms with Crippen LogP contribution in [0.25, 0.3) is 0 Å². The van der Waals surface area contributed by atoms with Crippen molar-refractivity contribution in [1.29, 1.82) is 0 Å². The lowest BCUT2D eigenvalue weighted by Crippen LogP contribution is -2.21. The molecule has 1 fully saturated rings. The highest BCUT2D eigenvalue weighted by Crippen LogP contribution is 2.25. The van der Waals surface area contributed by atoms with Gasteiger partial charge in [-0.3, -0.25) is 10.1 Å². The number of nitrogens with zero attached hydrogens (tertiary/aromatic N) is 1. The smallest absolute Gasteiger partial charge is 0.273 e. The maximum Gasteiger partial charge on any atom is 0.273 e. The third-order valence-electron chi connectivity index (χ3n) is 3.46. The zero-order valence-electron chi connectivity index (χ0n) is 10.2. The van der Waals surface area contributed by atoms with Gasteiger partial charge in [0.15, 0.2) is 0 Å². The molecule has 2 rings (SSSR count). The third kappa shape index (κ3) is 3.43. The van der Waals surface area contributed by atoms with Gasteiger partial charge >= 0.3 is 0 Å². The minimum absolute atomic E-state index is 0.137. The number of rotatable bonds is 5. The van der Waals surface area contributed by atoms with Crippen LogP contribution < -0.4 is 5.32 Å². The van der Waals surface area contributed by atoms with E-state index in [9.17, 15) is 10.1 Å². The van der Waals surface area contributed by atoms with Gasteiger partial charge in [0.1, 0.15) is 0 Å². The molecule has 0 saturated heterocycles. The van der Waals surface area contributed by atoms with Gasteiger partial charge in [0.25, 0.3) is 5.69 Å². The van der Waals surface area contributed by atoms with Gasteiger partial charge in [0.2, 0.25) is 0 Å². The highest BCUT2D eigenvalue weighted by molar-refractivity contribution is 6.30. The molecule has 0 unspecified atom stereocenters. The summed E-state index contributed by atoms with van der Waals surface area (Å²) in [5, 5.41) is 14.7. The molecule has 0 bridgehead atoms. The Hall–Kier alpha value is -1.13. The lowest BCUT2D eigenvalue weighted by Gasteiger charge is -2.10. The number of hydrogen-bond acceptors (Lipinski definition) is 3. The Balaban J connectivity index is 1.94. The Kier molecular flexibility index (Phi) is 4.55. The normalized spacial score (nSPS) is 16.1. The SMILES string of the molecule is O=[N+]([O-])c1ccc(Cl)cc1CNCC1CCCC1. The summed E-state index contributed by atoms with van der Waals surface area (Å²) in [7, 11) is 0. The Morgan fingerprint density at radius 1 is 1.39 bits per heavy atom. The van der Waals surface area contributed by atoms with Crippen molar-refractivity contribution in [2.24, 2.45) is 5.92 Å². The van der Waals surface area contributed by atoms with Gasteiger partial charge in [-0.25, -0.2) is 0 Å². The number of benzene rings is 1. The van der Waals surface area contributed by atoms with Crippen LogP contribution in [-0.4, -0.2) is 11.5 Å². The first-order chi connectivity index (χ1) is 8.66. The summed E-state index contributed by atoms with van der Waals surface area (Å²) in [6.45, 7) is 1.44. The van der Waals surface area contributed by atoms with Crippen molar-refractivity contribution in [1.82, 2.24) is 5.32 Å². The minimum atomic E-state index is -0.358. The zero-order valence-corrected chi connectivity index (χ0v) is 10.9. The van der Waals surface area contributed by atoms with E-state index in [4.69, 9.17) is 11.6 Å². The lowest BCUT2D eigenvalue weighted by molar-refractivity contribution is -0.385. The summed E-state index contributed by atoms with van der Waals surface area (Å²) in [6.07, 6.45) is 5.16. The quantitative estimate of drug-likeness (QED) is 0.656. The molecule has 0 aliphatic heterocycles. The Labute approximate surface area is 111 Å². The van der Waals surface area contributed by atoms with Gasteiger partial charge in [-0.05, 0) is 37.4 Å². The number of halogens is 1. The second-order valence-corrected chi connectivity index (χ2v) is 5.25. The van der Waals surface area contributed by atoms with E-state index < -0.39 is 0 Å². The van der Waals surface area contributed by atoms with E-state index in [0.717, 1.165) is 12.5 Å². The van der Waals surface area contributed by atoms with Crippen molar-refractivity contribution in [2.45, 2.75) is 32.2 Å². The molecule has 1 aromatic rings. The van der Waals surface area contributed by atoms with Gasteiger partial charge in [-0.2, -0.15) is 0 Å². The van der Waals surface area contributed by atoms with Crippen LogP contribution in [0.15, 0.2) is 18.2 Å². The molecule has 1 aliphatic rings. The van der Waals surface area contributed by atoms with E-state index in [-0.39, 0.29) is 10.6 Å². The summed E-state index contributed by atoms with van der Waals surface area (Å²) in [4.78, 5) is 10.5. The van der Waals surface area contributed by atoms with Crippen LogP contribution in [0.4, 0.5) is 5.69 Å². The molecule has 0 amide bonds. The van der Waals surface area contributed by atoms with Gasteiger partial charge in [-0.1, -0.05) is 24.4 Å². The van der Waals surface area contributed by atoms with E-state index in [1.54, 1.807) is 12.1 Å². The molecule has 4 nitrogen and oxygen atoms in total. The summed E-state index contributed by atoms with van der Waals surface area (Å²) in [6, 6.07) is 4.69. The number of nitro groups is 1. The summed E-state index contributed by atoms with van der Waals surface area (Å²) in [5.41, 5.74) is 0.795. The molecule has 1 aliphatic carbocycles. The molecule has 5 heteroatoms. The molecule has 18 heavy (non-hydrogen) atoms. The second kappa shape index (κ2) is 6.16. The lowest BCUT2D eigenvalue weighted by atomic mass is 10.1. The van der Waals surface area contributed by atoms with Crippen molar-refractivity contribution >= 4 is 17.3 Å². The van der Waals surface area contributed by atoms with E-state index >= 15 is 0 Å². The van der Waals surface area contributed by atoms with E-state index in [2.05, 4.69) is 5.32 Å². The highest BCUT2D eigenvalue weighted by atomic mass is 35.5. The van der Waals surface area contributed by atoms with Crippen LogP contribution in [-0.2, 0) is 6.54 Å². The first-order valence-corrected chi connectivity index (χ1v) is 6.68. The Morgan fingerprint density at radius 2 is 2.11 bits per heavy atom. The van der Waals surface area contributed by atoms with Gasteiger partial charge in [0, 0.05) is 23.2 Å². The maximum absolute atomic E-state index is 10.9. The summed E-state index contributed by atoms with van der Waals surface area (Å²) < 4.78 is 0. The third-order valence-corrected chi connectivity index (χ3v) is 3.70. The first-order valence-electron chi connectivity index (χ1n) is 6.30. The molecule has 1 saturated carbocycles. The number of nitro benzene ring substituents is 1. The second-order valence-electron chi connectivity index (χ2n) is 4.81. The monoisotopic (exact) mass is 268 g/mol. The fourth-order valence-electron chi connectivity index (χ4n) is 2.50. The zero-order chi connectivity index (χ0) is 13.0. The highest BCUT2D eigenvalue weighted by Gasteiger charge is 2.16. The van der Waals surface area contributed by atoms with Crippen molar-refractivity contribution in [3.63, 3.8) is 0 Å². The maximum atomic E-state index is 10.9. The van der Waals surface area contributed by atoms with Crippen LogP contribution in [0.2, 0.25) is 5.02 Å². The minimum Gasteiger partial charge on any atom is -0.312 e. The van der Waals surface area contributed by atoms with Crippen molar-refractivity contribution in [3.8, 4) is 0 Å². The van der Waals surface area contributed by atoms with Crippen molar-refractivity contribution < 1.29 is 4.92 Å². The molecule has 0 heterocycles. The van der Waals surface area contributed by atoms with Gasteiger partial charge in [-0.15, -0.1) is 0 Å². The average Bonchev–Trinajstić information content (AvgIpc) is 2.82. The predicted octanol–water partition coefficient (Wildman–Crippen LogP) is 3.53. The van der Waals surface area contributed by atoms with Crippen molar-refractivity contribution in [2.75, 3.05) is 6.54 Å². The molecule has 1 aromatic carbocycles. The summed E-state index contributed by atoms with van der Waals surface area (Å²) >= 11 is 5.88. The fraction of sp³-hybridized carbons (Fsp3) is 0.538. The molecule has 0 radical (unpaired) electrons. The molecule has 1 N–H and O–H groups in total. The van der Waals surface area contributed by atoms with Crippen LogP contribution in [0, 0.1) is 16.0 Å². The van der Waals surface area contributed by atoms with Gasteiger partial charge < -0.3 is 5.32 Å². The van der Waals surface area contributed by atoms with Crippen molar-refractivity contribution in [3.05, 3.63) is 38.9 Å². The average molecular weight is 269 g/mol. The van der Waals surface area contributed by atoms with Crippen LogP contribution in [0.1, 0.15) is 31.2 Å². The largest absolute Gasteiger partial charge is 0.312 e. The Bertz CT molecular complexity index is 431. The van der Waals surface area contributed by atoms with E-state index in [0.29, 0.717) is 17.1 Å². The topological polar surface area (TPSA) is 55.2 Å². The predicted molar refractivity (Wildman–Crippen MR) is 71.8 cm³/mol. The van der Waals surface area contributed by atoms with E-state index in [1.807, 2.05) is 0 Å². The molecular formula is C13H17ClN2O2. The Morgan fingerprint density at radius 3 is 2.78 bits per heavy atom. The summed E-state index contributed by atoms with van der Waals surface area (Å²) in [5.74, 6) is 0.725. The molecule has 0 spiro atoms. The van der Waals surface area contributed by atoms with Gasteiger partial charge in [0.05, 0.1) is 4.92 Å². The standard InChI is InChI=1S/C13H17ClN2O2/c14-12-5-6-13(16(17)18)11(7-12)9-15-8-10-3-1-2-4-10/h5-7,10,15H,1-4,8-9H2. The van der Waals surface area contributed by atoms with Crippen LogP contribution in [0.5, 0.6) is 0 Å². The molecule has 0 atom stereocenters. The molecular weight excluding hydrogens is 252 g/mol. The first kappa shape index (κ1) is 13.3. The van der Waals surface area contributed by atoms with E-state index in [1.165, 1.54) is 31.7 Å². The van der Waals surface area contributed by atoms with Crippen LogP contribution >= 0.6 is 11.6 Å².